The first-order valence-electron chi connectivity index (χ1n) is 13.1. The zero-order chi connectivity index (χ0) is 26.9. The van der Waals surface area contributed by atoms with Crippen molar-refractivity contribution in [3.05, 3.63) is 151 Å². The highest BCUT2D eigenvalue weighted by Crippen LogP contribution is 2.48. The summed E-state index contributed by atoms with van der Waals surface area (Å²) in [6.07, 6.45) is 1.88. The lowest BCUT2D eigenvalue weighted by Gasteiger charge is -2.30. The molecule has 0 saturated carbocycles. The number of methoxy groups -OCH3 is 1. The fraction of sp³-hybridized carbons (Fsp3) is 0.0857. The zero-order valence-corrected chi connectivity index (χ0v) is 23.8. The Bertz CT molecular complexity index is 1450. The van der Waals surface area contributed by atoms with Crippen molar-refractivity contribution in [3.8, 4) is 5.75 Å². The van der Waals surface area contributed by atoms with E-state index < -0.39 is 14.8 Å². The molecule has 0 fully saturated rings. The van der Waals surface area contributed by atoms with E-state index in [1.165, 1.54) is 21.2 Å². The molecule has 194 valence electrons. The van der Waals surface area contributed by atoms with Gasteiger partial charge in [0.1, 0.15) is 5.75 Å². The van der Waals surface area contributed by atoms with E-state index >= 15 is 0 Å². The van der Waals surface area contributed by atoms with Gasteiger partial charge in [-0.3, -0.25) is 4.79 Å². The van der Waals surface area contributed by atoms with Gasteiger partial charge < -0.3 is 4.74 Å². The van der Waals surface area contributed by atoms with Crippen LogP contribution in [-0.4, -0.2) is 31.0 Å². The van der Waals surface area contributed by atoms with Crippen LogP contribution in [0.1, 0.15) is 10.4 Å². The van der Waals surface area contributed by atoms with Gasteiger partial charge in [0.2, 0.25) is 0 Å². The maximum Gasteiger partial charge on any atom is 0.186 e. The van der Waals surface area contributed by atoms with Gasteiger partial charge in [-0.05, 0) is 78.4 Å². The van der Waals surface area contributed by atoms with Crippen LogP contribution in [0.15, 0.2) is 146 Å². The topological polar surface area (TPSA) is 26.3 Å². The molecular weight excluding hydrogens is 514 g/mol. The van der Waals surface area contributed by atoms with Crippen molar-refractivity contribution in [1.82, 2.24) is 0 Å². The first kappa shape index (κ1) is 26.9. The summed E-state index contributed by atoms with van der Waals surface area (Å²) in [5, 5.41) is 5.18. The molecule has 5 aromatic carbocycles. The molecule has 0 spiro atoms. The van der Waals surface area contributed by atoms with Crippen molar-refractivity contribution < 1.29 is 9.53 Å². The first-order chi connectivity index (χ1) is 19.2. The van der Waals surface area contributed by atoms with Crippen molar-refractivity contribution in [3.63, 3.8) is 0 Å². The summed E-state index contributed by atoms with van der Waals surface area (Å²) in [6, 6.07) is 50.4. The highest BCUT2D eigenvalue weighted by Gasteiger charge is 2.27. The van der Waals surface area contributed by atoms with Crippen molar-refractivity contribution >= 4 is 47.6 Å². The van der Waals surface area contributed by atoms with Gasteiger partial charge in [-0.15, -0.1) is 0 Å². The standard InChI is InChI=1S/C35H32O2P2/c1-37-30-24-22-29(23-25-30)35(36)28-39(33-18-10-4-11-19-33,34-20-12-5-13-21-34)27-26-38(31-14-6-2-7-15-31)32-16-8-3-9-17-32/h2-25,28H,26-27H2,1H3. The number of carbonyl (C=O) groups excluding carboxylic acids is 1. The van der Waals surface area contributed by atoms with E-state index in [1.807, 2.05) is 24.3 Å². The van der Waals surface area contributed by atoms with Gasteiger partial charge in [0, 0.05) is 5.56 Å². The summed E-state index contributed by atoms with van der Waals surface area (Å²) in [4.78, 5) is 13.9. The van der Waals surface area contributed by atoms with Crippen LogP contribution in [0.2, 0.25) is 0 Å². The normalized spacial score (nSPS) is 11.2. The van der Waals surface area contributed by atoms with Gasteiger partial charge in [-0.2, -0.15) is 0 Å². The number of rotatable bonds is 10. The second-order valence-electron chi connectivity index (χ2n) is 9.31. The molecule has 0 saturated heterocycles. The molecule has 4 heteroatoms. The highest BCUT2D eigenvalue weighted by molar-refractivity contribution is 7.90. The molecule has 0 amide bonds. The highest BCUT2D eigenvalue weighted by atomic mass is 31.2. The van der Waals surface area contributed by atoms with Crippen LogP contribution in [0.25, 0.3) is 0 Å². The predicted octanol–water partition coefficient (Wildman–Crippen LogP) is 6.48. The second-order valence-corrected chi connectivity index (χ2v) is 15.1. The van der Waals surface area contributed by atoms with Crippen LogP contribution in [0, 0.1) is 0 Å². The molecule has 0 aliphatic heterocycles. The zero-order valence-electron chi connectivity index (χ0n) is 22.1. The van der Waals surface area contributed by atoms with Crippen LogP contribution in [0.3, 0.4) is 0 Å². The van der Waals surface area contributed by atoms with Gasteiger partial charge in [-0.25, -0.2) is 0 Å². The Morgan fingerprint density at radius 3 is 1.51 bits per heavy atom. The molecule has 0 N–H and O–H groups in total. The number of ether oxygens (including phenoxy) is 1. The quantitative estimate of drug-likeness (QED) is 0.148. The monoisotopic (exact) mass is 546 g/mol. The molecule has 5 aromatic rings. The summed E-state index contributed by atoms with van der Waals surface area (Å²) in [5.74, 6) is 2.86. The predicted molar refractivity (Wildman–Crippen MR) is 171 cm³/mol. The molecule has 0 aliphatic rings. The Hall–Kier alpha value is -3.70. The van der Waals surface area contributed by atoms with Crippen molar-refractivity contribution in [2.75, 3.05) is 19.4 Å². The Balaban J connectivity index is 1.65. The molecule has 0 heterocycles. The van der Waals surface area contributed by atoms with E-state index in [4.69, 9.17) is 4.74 Å². The Morgan fingerprint density at radius 2 is 1.08 bits per heavy atom. The molecular formula is C35H32O2P2. The summed E-state index contributed by atoms with van der Waals surface area (Å²) < 4.78 is 5.33. The van der Waals surface area contributed by atoms with Crippen LogP contribution < -0.4 is 26.0 Å². The van der Waals surface area contributed by atoms with E-state index in [1.54, 1.807) is 7.11 Å². The van der Waals surface area contributed by atoms with Crippen molar-refractivity contribution in [2.45, 2.75) is 0 Å². The maximum atomic E-state index is 13.9. The summed E-state index contributed by atoms with van der Waals surface area (Å²) in [6.45, 7) is -2.23. The average molecular weight is 547 g/mol. The van der Waals surface area contributed by atoms with E-state index in [0.29, 0.717) is 5.56 Å². The minimum atomic E-state index is -2.23. The van der Waals surface area contributed by atoms with Crippen LogP contribution in [0.5, 0.6) is 5.75 Å². The smallest absolute Gasteiger partial charge is 0.186 e. The van der Waals surface area contributed by atoms with Crippen LogP contribution in [0.4, 0.5) is 0 Å². The summed E-state index contributed by atoms with van der Waals surface area (Å²) in [5.41, 5.74) is 0.681. The van der Waals surface area contributed by atoms with E-state index in [9.17, 15) is 4.79 Å². The Labute approximate surface area is 233 Å². The van der Waals surface area contributed by atoms with Crippen molar-refractivity contribution in [1.29, 1.82) is 0 Å². The molecule has 2 nitrogen and oxygen atoms in total. The molecule has 0 aromatic heterocycles. The van der Waals surface area contributed by atoms with Crippen LogP contribution >= 0.6 is 14.8 Å². The molecule has 0 unspecified atom stereocenters. The fourth-order valence-electron chi connectivity index (χ4n) is 4.92. The van der Waals surface area contributed by atoms with Gasteiger partial charge in [0.25, 0.3) is 0 Å². The van der Waals surface area contributed by atoms with Crippen molar-refractivity contribution in [2.24, 2.45) is 0 Å². The lowest BCUT2D eigenvalue weighted by Crippen LogP contribution is -2.26. The van der Waals surface area contributed by atoms with Gasteiger partial charge >= 0.3 is 0 Å². The third-order valence-corrected chi connectivity index (χ3v) is 13.9. The lowest BCUT2D eigenvalue weighted by atomic mass is 10.1. The molecule has 39 heavy (non-hydrogen) atoms. The third kappa shape index (κ3) is 6.31. The second kappa shape index (κ2) is 12.9. The molecule has 0 atom stereocenters. The summed E-state index contributed by atoms with van der Waals surface area (Å²) in [7, 11) is 1.04. The maximum absolute atomic E-state index is 13.9. The molecule has 0 bridgehead atoms. The average Bonchev–Trinajstić information content (AvgIpc) is 3.02. The molecule has 0 radical (unpaired) electrons. The minimum Gasteiger partial charge on any atom is -0.497 e. The number of carbonyl (C=O) groups is 1. The van der Waals surface area contributed by atoms with Crippen LogP contribution in [-0.2, 0) is 0 Å². The minimum absolute atomic E-state index is 0.0578. The van der Waals surface area contributed by atoms with E-state index in [0.717, 1.165) is 18.1 Å². The van der Waals surface area contributed by atoms with Gasteiger partial charge in [0.05, 0.1) is 7.11 Å². The Morgan fingerprint density at radius 1 is 0.641 bits per heavy atom. The number of hydrogen-bond donors (Lipinski definition) is 0. The van der Waals surface area contributed by atoms with Gasteiger partial charge in [-0.1, -0.05) is 121 Å². The van der Waals surface area contributed by atoms with Gasteiger partial charge in [0.15, 0.2) is 5.78 Å². The Kier molecular flexibility index (Phi) is 8.89. The first-order valence-corrected chi connectivity index (χ1v) is 16.7. The fourth-order valence-corrected chi connectivity index (χ4v) is 12.1. The number of Topliss-reactive ketones (excluding diaryl/α,β-unsaturated/α-hetero) is 1. The molecule has 0 aliphatic carbocycles. The van der Waals surface area contributed by atoms with E-state index in [2.05, 4.69) is 127 Å². The summed E-state index contributed by atoms with van der Waals surface area (Å²) >= 11 is 0. The number of benzene rings is 5. The SMILES string of the molecule is COc1ccc(C(=O)C=P(CCP(c2ccccc2)c2ccccc2)(c2ccccc2)c2ccccc2)cc1. The largest absolute Gasteiger partial charge is 0.497 e. The number of hydrogen-bond acceptors (Lipinski definition) is 2. The lowest BCUT2D eigenvalue weighted by molar-refractivity contribution is 0.107. The third-order valence-electron chi connectivity index (χ3n) is 6.96. The molecule has 5 rings (SSSR count). The number of ketones is 1. The van der Waals surface area contributed by atoms with E-state index in [-0.39, 0.29) is 5.78 Å².